The Hall–Kier alpha value is -0.780. The normalized spacial score (nSPS) is 19.3. The van der Waals surface area contributed by atoms with Crippen LogP contribution in [0.1, 0.15) is 42.4 Å². The van der Waals surface area contributed by atoms with Crippen LogP contribution in [0.4, 0.5) is 0 Å². The minimum Gasteiger partial charge on any atom is -0.302 e. The maximum absolute atomic E-state index is 11.8. The second-order valence-corrected chi connectivity index (χ2v) is 10.6. The summed E-state index contributed by atoms with van der Waals surface area (Å²) >= 11 is 0. The fourth-order valence-corrected chi connectivity index (χ4v) is 5.34. The van der Waals surface area contributed by atoms with Crippen molar-refractivity contribution in [3.05, 3.63) is 34.9 Å². The molecule has 0 bridgehead atoms. The van der Waals surface area contributed by atoms with Crippen LogP contribution in [0.25, 0.3) is 0 Å². The van der Waals surface area contributed by atoms with Gasteiger partial charge < -0.3 is 4.90 Å². The molecule has 2 fully saturated rings. The molecule has 27 heavy (non-hydrogen) atoms. The largest absolute Gasteiger partial charge is 0.302 e. The molecule has 2 N–H and O–H groups in total. The summed E-state index contributed by atoms with van der Waals surface area (Å²) in [6.07, 6.45) is 3.94. The fraction of sp³-hybridized carbons (Fsp3) is 0.650. The molecular formula is C20H32N3O2PS. The molecule has 1 aromatic rings. The third-order valence-corrected chi connectivity index (χ3v) is 7.90. The summed E-state index contributed by atoms with van der Waals surface area (Å²) in [6.45, 7) is 8.63. The first-order valence-corrected chi connectivity index (χ1v) is 12.0. The van der Waals surface area contributed by atoms with Gasteiger partial charge in [0.2, 0.25) is 10.0 Å². The Bertz CT molecular complexity index is 749. The zero-order valence-electron chi connectivity index (χ0n) is 16.4. The number of aryl methyl sites for hydroxylation is 2. The second kappa shape index (κ2) is 9.15. The number of hydrogen-bond acceptors (Lipinski definition) is 3. The number of piperidine rings is 1. The number of benzene rings is 1. The standard InChI is InChI=1S/C20H32N3O2PS/c1-15-11-16(2)13-18(12-15)20(26)21-14-17-5-8-23(9-6-17)10-7-22-27(24,25)19-3-4-19/h11-13,17,19,21-22,26H,3-10,14H2,1-2H3. The van der Waals surface area contributed by atoms with Gasteiger partial charge in [0, 0.05) is 25.1 Å². The van der Waals surface area contributed by atoms with Gasteiger partial charge in [0.1, 0.15) is 0 Å². The van der Waals surface area contributed by atoms with Crippen LogP contribution in [0, 0.1) is 19.8 Å². The average molecular weight is 410 g/mol. The van der Waals surface area contributed by atoms with Gasteiger partial charge in [-0.05, 0) is 64.1 Å². The van der Waals surface area contributed by atoms with Crippen molar-refractivity contribution < 1.29 is 8.42 Å². The topological polar surface area (TPSA) is 61.4 Å². The summed E-state index contributed by atoms with van der Waals surface area (Å²) in [5.74, 6) is 0.654. The molecule has 1 aromatic carbocycles. The highest BCUT2D eigenvalue weighted by molar-refractivity contribution is 7.90. The monoisotopic (exact) mass is 409 g/mol. The van der Waals surface area contributed by atoms with Gasteiger partial charge in [0.05, 0.1) is 5.25 Å². The molecule has 0 spiro atoms. The zero-order valence-corrected chi connectivity index (χ0v) is 18.2. The smallest absolute Gasteiger partial charge is 0.214 e. The Morgan fingerprint density at radius 1 is 1.11 bits per heavy atom. The van der Waals surface area contributed by atoms with Crippen LogP contribution in [0.5, 0.6) is 0 Å². The van der Waals surface area contributed by atoms with E-state index in [4.69, 9.17) is 0 Å². The summed E-state index contributed by atoms with van der Waals surface area (Å²) in [4.78, 5) is 2.37. The highest BCUT2D eigenvalue weighted by Crippen LogP contribution is 2.27. The van der Waals surface area contributed by atoms with E-state index in [1.165, 1.54) is 16.7 Å². The molecule has 1 aliphatic carbocycles. The third-order valence-electron chi connectivity index (χ3n) is 5.48. The predicted octanol–water partition coefficient (Wildman–Crippen LogP) is 2.31. The van der Waals surface area contributed by atoms with Crippen LogP contribution in [0.2, 0.25) is 0 Å². The lowest BCUT2D eigenvalue weighted by molar-refractivity contribution is 0.188. The molecule has 0 amide bonds. The van der Waals surface area contributed by atoms with Gasteiger partial charge in [0.25, 0.3) is 0 Å². The summed E-state index contributed by atoms with van der Waals surface area (Å²) in [6, 6.07) is 6.56. The molecule has 1 saturated carbocycles. The molecular weight excluding hydrogens is 377 g/mol. The first-order chi connectivity index (χ1) is 12.8. The van der Waals surface area contributed by atoms with Crippen molar-refractivity contribution in [2.75, 3.05) is 32.7 Å². The molecule has 1 heterocycles. The molecule has 0 unspecified atom stereocenters. The lowest BCUT2D eigenvalue weighted by atomic mass is 9.96. The summed E-state index contributed by atoms with van der Waals surface area (Å²) in [7, 11) is 0.705. The summed E-state index contributed by atoms with van der Waals surface area (Å²) < 4.78 is 26.5. The van der Waals surface area contributed by atoms with Crippen molar-refractivity contribution in [1.29, 1.82) is 0 Å². The van der Waals surface area contributed by atoms with E-state index in [2.05, 4.69) is 55.8 Å². The molecule has 2 aliphatic rings. The number of likely N-dealkylation sites (tertiary alicyclic amines) is 1. The Morgan fingerprint density at radius 2 is 1.74 bits per heavy atom. The van der Waals surface area contributed by atoms with Gasteiger partial charge in [-0.1, -0.05) is 29.3 Å². The molecule has 0 aromatic heterocycles. The number of sulfonamides is 1. The maximum atomic E-state index is 11.8. The summed E-state index contributed by atoms with van der Waals surface area (Å²) in [5.41, 5.74) is 4.80. The Balaban J connectivity index is 1.35. The van der Waals surface area contributed by atoms with Crippen molar-refractivity contribution in [2.24, 2.45) is 5.92 Å². The molecule has 0 atom stereocenters. The van der Waals surface area contributed by atoms with E-state index in [1.54, 1.807) is 0 Å². The van der Waals surface area contributed by atoms with Crippen molar-refractivity contribution in [2.45, 2.75) is 44.8 Å². The van der Waals surface area contributed by atoms with Crippen LogP contribution in [-0.2, 0) is 10.0 Å². The van der Waals surface area contributed by atoms with Gasteiger partial charge in [-0.25, -0.2) is 13.1 Å². The Kier molecular flexibility index (Phi) is 7.09. The second-order valence-electron chi connectivity index (χ2n) is 8.06. The molecule has 1 saturated heterocycles. The van der Waals surface area contributed by atoms with Crippen LogP contribution < -0.4 is 10.0 Å². The lowest BCUT2D eigenvalue weighted by Gasteiger charge is -2.32. The van der Waals surface area contributed by atoms with Crippen LogP contribution in [-0.4, -0.2) is 56.7 Å². The van der Waals surface area contributed by atoms with Crippen molar-refractivity contribution in [3.8, 4) is 0 Å². The van der Waals surface area contributed by atoms with E-state index in [0.29, 0.717) is 12.5 Å². The van der Waals surface area contributed by atoms with E-state index in [0.717, 1.165) is 57.3 Å². The molecule has 0 radical (unpaired) electrons. The molecule has 3 rings (SSSR count). The first kappa shape index (κ1) is 20.9. The highest BCUT2D eigenvalue weighted by Gasteiger charge is 2.35. The van der Waals surface area contributed by atoms with Gasteiger partial charge >= 0.3 is 0 Å². The molecule has 5 nitrogen and oxygen atoms in total. The first-order valence-electron chi connectivity index (χ1n) is 9.95. The quantitative estimate of drug-likeness (QED) is 0.615. The SMILES string of the molecule is Cc1cc(C)cc(C(=P)NCC2CCN(CCNS(=O)(=O)C3CC3)CC2)c1. The lowest BCUT2D eigenvalue weighted by Crippen LogP contribution is -2.42. The number of hydrogen-bond donors (Lipinski definition) is 2. The number of nitrogens with zero attached hydrogens (tertiary/aromatic N) is 1. The fourth-order valence-electron chi connectivity index (χ4n) is 3.72. The van der Waals surface area contributed by atoms with E-state index in [1.807, 2.05) is 0 Å². The maximum Gasteiger partial charge on any atom is 0.214 e. The van der Waals surface area contributed by atoms with E-state index < -0.39 is 10.0 Å². The van der Waals surface area contributed by atoms with Gasteiger partial charge in [-0.15, -0.1) is 8.86 Å². The van der Waals surface area contributed by atoms with E-state index in [-0.39, 0.29) is 5.25 Å². The Morgan fingerprint density at radius 3 is 2.33 bits per heavy atom. The molecule has 150 valence electrons. The highest BCUT2D eigenvalue weighted by atomic mass is 32.2. The number of rotatable bonds is 9. The Labute approximate surface area is 166 Å². The van der Waals surface area contributed by atoms with Crippen LogP contribution in [0.15, 0.2) is 18.2 Å². The van der Waals surface area contributed by atoms with Gasteiger partial charge in [-0.3, -0.25) is 5.32 Å². The summed E-state index contributed by atoms with van der Waals surface area (Å²) in [5, 5.41) is 3.42. The zero-order chi connectivity index (χ0) is 19.4. The van der Waals surface area contributed by atoms with Crippen LogP contribution in [0.3, 0.4) is 0 Å². The van der Waals surface area contributed by atoms with Gasteiger partial charge in [-0.2, -0.15) is 0 Å². The minimum atomic E-state index is -3.04. The van der Waals surface area contributed by atoms with Crippen molar-refractivity contribution in [1.82, 2.24) is 14.9 Å². The molecule has 7 heteroatoms. The van der Waals surface area contributed by atoms with Crippen molar-refractivity contribution >= 4 is 24.3 Å². The third kappa shape index (κ3) is 6.37. The predicted molar refractivity (Wildman–Crippen MR) is 115 cm³/mol. The average Bonchev–Trinajstić information content (AvgIpc) is 3.45. The van der Waals surface area contributed by atoms with E-state index >= 15 is 0 Å². The van der Waals surface area contributed by atoms with Gasteiger partial charge in [0.15, 0.2) is 0 Å². The number of nitrogens with one attached hydrogen (secondary N) is 2. The van der Waals surface area contributed by atoms with E-state index in [9.17, 15) is 8.42 Å². The van der Waals surface area contributed by atoms with Crippen LogP contribution >= 0.6 is 8.86 Å². The van der Waals surface area contributed by atoms with Crippen molar-refractivity contribution in [3.63, 3.8) is 0 Å². The minimum absolute atomic E-state index is 0.124. The molecule has 1 aliphatic heterocycles.